The van der Waals surface area contributed by atoms with Gasteiger partial charge in [0.1, 0.15) is 0 Å². The number of ether oxygens (including phenoxy) is 1. The zero-order chi connectivity index (χ0) is 13.1. The second-order valence-electron chi connectivity index (χ2n) is 5.35. The zero-order valence-corrected chi connectivity index (χ0v) is 11.1. The minimum atomic E-state index is 0.0309. The molecular formula is C15H20N2O2. The molecule has 2 aliphatic rings. The number of hydrogen-bond donors (Lipinski definition) is 2. The van der Waals surface area contributed by atoms with E-state index in [4.69, 9.17) is 4.74 Å². The fourth-order valence-electron chi connectivity index (χ4n) is 2.72. The van der Waals surface area contributed by atoms with Crippen molar-refractivity contribution in [2.45, 2.75) is 38.5 Å². The predicted molar refractivity (Wildman–Crippen MR) is 72.9 cm³/mol. The Morgan fingerprint density at radius 1 is 1.26 bits per heavy atom. The number of carbonyl (C=O) groups excluding carboxylic acids is 1. The van der Waals surface area contributed by atoms with Gasteiger partial charge in [0.2, 0.25) is 0 Å². The highest BCUT2D eigenvalue weighted by molar-refractivity contribution is 5.94. The van der Waals surface area contributed by atoms with E-state index in [2.05, 4.69) is 10.6 Å². The van der Waals surface area contributed by atoms with Gasteiger partial charge in [-0.25, -0.2) is 0 Å². The van der Waals surface area contributed by atoms with Gasteiger partial charge in [0, 0.05) is 18.2 Å². The standard InChI is InChI=1S/C15H20N2O2/c18-15(17-14-3-1-2-6-16-8-14)11-4-5-12-9-19-10-13(12)7-11/h4-5,7,14,16H,1-3,6,8-10H2,(H,17,18). The van der Waals surface area contributed by atoms with Crippen molar-refractivity contribution in [3.8, 4) is 0 Å². The molecule has 2 heterocycles. The minimum absolute atomic E-state index is 0.0309. The number of hydrogen-bond acceptors (Lipinski definition) is 3. The molecule has 2 N–H and O–H groups in total. The smallest absolute Gasteiger partial charge is 0.251 e. The molecule has 1 atom stereocenters. The van der Waals surface area contributed by atoms with Crippen LogP contribution >= 0.6 is 0 Å². The third kappa shape index (κ3) is 2.96. The van der Waals surface area contributed by atoms with Gasteiger partial charge in [-0.3, -0.25) is 4.79 Å². The lowest BCUT2D eigenvalue weighted by Crippen LogP contribution is -2.40. The number of benzene rings is 1. The van der Waals surface area contributed by atoms with Crippen molar-refractivity contribution < 1.29 is 9.53 Å². The Kier molecular flexibility index (Phi) is 3.80. The van der Waals surface area contributed by atoms with Crippen molar-refractivity contribution in [1.82, 2.24) is 10.6 Å². The first kappa shape index (κ1) is 12.6. The van der Waals surface area contributed by atoms with E-state index >= 15 is 0 Å². The zero-order valence-electron chi connectivity index (χ0n) is 11.1. The van der Waals surface area contributed by atoms with Gasteiger partial charge >= 0.3 is 0 Å². The van der Waals surface area contributed by atoms with Gasteiger partial charge in [-0.05, 0) is 42.6 Å². The molecule has 102 valence electrons. The summed E-state index contributed by atoms with van der Waals surface area (Å²) >= 11 is 0. The Morgan fingerprint density at radius 2 is 2.16 bits per heavy atom. The van der Waals surface area contributed by atoms with Crippen LogP contribution in [0.1, 0.15) is 40.7 Å². The highest BCUT2D eigenvalue weighted by Crippen LogP contribution is 2.21. The fraction of sp³-hybridized carbons (Fsp3) is 0.533. The van der Waals surface area contributed by atoms with E-state index in [0.29, 0.717) is 13.2 Å². The van der Waals surface area contributed by atoms with Crippen LogP contribution in [0, 0.1) is 0 Å². The quantitative estimate of drug-likeness (QED) is 0.849. The van der Waals surface area contributed by atoms with Gasteiger partial charge < -0.3 is 15.4 Å². The first-order valence-corrected chi connectivity index (χ1v) is 7.04. The van der Waals surface area contributed by atoms with E-state index in [-0.39, 0.29) is 11.9 Å². The molecule has 1 saturated heterocycles. The van der Waals surface area contributed by atoms with Crippen LogP contribution in [-0.4, -0.2) is 25.0 Å². The molecule has 2 aliphatic heterocycles. The van der Waals surface area contributed by atoms with Crippen molar-refractivity contribution in [1.29, 1.82) is 0 Å². The van der Waals surface area contributed by atoms with E-state index in [0.717, 1.165) is 30.6 Å². The molecule has 1 fully saturated rings. The first-order chi connectivity index (χ1) is 9.33. The Morgan fingerprint density at radius 3 is 3.11 bits per heavy atom. The lowest BCUT2D eigenvalue weighted by atomic mass is 10.1. The summed E-state index contributed by atoms with van der Waals surface area (Å²) in [6, 6.07) is 6.11. The second kappa shape index (κ2) is 5.72. The van der Waals surface area contributed by atoms with Gasteiger partial charge in [0.25, 0.3) is 5.91 Å². The monoisotopic (exact) mass is 260 g/mol. The molecule has 4 heteroatoms. The first-order valence-electron chi connectivity index (χ1n) is 7.04. The molecule has 0 spiro atoms. The summed E-state index contributed by atoms with van der Waals surface area (Å²) < 4.78 is 5.37. The molecule has 0 saturated carbocycles. The molecule has 0 radical (unpaired) electrons. The van der Waals surface area contributed by atoms with Crippen LogP contribution in [0.15, 0.2) is 18.2 Å². The van der Waals surface area contributed by atoms with Crippen LogP contribution in [0.5, 0.6) is 0 Å². The highest BCUT2D eigenvalue weighted by atomic mass is 16.5. The maximum Gasteiger partial charge on any atom is 0.251 e. The number of carbonyl (C=O) groups is 1. The Labute approximate surface area is 113 Å². The van der Waals surface area contributed by atoms with E-state index in [1.165, 1.54) is 18.4 Å². The van der Waals surface area contributed by atoms with E-state index in [1.807, 2.05) is 18.2 Å². The summed E-state index contributed by atoms with van der Waals surface area (Å²) in [7, 11) is 0. The van der Waals surface area contributed by atoms with Crippen molar-refractivity contribution in [2.24, 2.45) is 0 Å². The summed E-state index contributed by atoms with van der Waals surface area (Å²) in [5.41, 5.74) is 3.09. The van der Waals surface area contributed by atoms with E-state index in [9.17, 15) is 4.79 Å². The average molecular weight is 260 g/mol. The summed E-state index contributed by atoms with van der Waals surface area (Å²) in [6.45, 7) is 3.23. The van der Waals surface area contributed by atoms with Gasteiger partial charge in [-0.2, -0.15) is 0 Å². The molecule has 1 aromatic rings. The predicted octanol–water partition coefficient (Wildman–Crippen LogP) is 1.59. The molecular weight excluding hydrogens is 240 g/mol. The molecule has 4 nitrogen and oxygen atoms in total. The third-order valence-electron chi connectivity index (χ3n) is 3.87. The van der Waals surface area contributed by atoms with E-state index < -0.39 is 0 Å². The number of fused-ring (bicyclic) bond motifs is 1. The van der Waals surface area contributed by atoms with Gasteiger partial charge in [-0.15, -0.1) is 0 Å². The van der Waals surface area contributed by atoms with Crippen LogP contribution < -0.4 is 10.6 Å². The van der Waals surface area contributed by atoms with Crippen LogP contribution in [0.2, 0.25) is 0 Å². The van der Waals surface area contributed by atoms with Crippen LogP contribution in [0.4, 0.5) is 0 Å². The molecule has 1 amide bonds. The largest absolute Gasteiger partial charge is 0.372 e. The van der Waals surface area contributed by atoms with Gasteiger partial charge in [0.05, 0.1) is 13.2 Å². The van der Waals surface area contributed by atoms with Gasteiger partial charge in [-0.1, -0.05) is 12.5 Å². The van der Waals surface area contributed by atoms with Gasteiger partial charge in [0.15, 0.2) is 0 Å². The number of rotatable bonds is 2. The topological polar surface area (TPSA) is 50.4 Å². The van der Waals surface area contributed by atoms with Crippen LogP contribution in [-0.2, 0) is 18.0 Å². The third-order valence-corrected chi connectivity index (χ3v) is 3.87. The Bertz CT molecular complexity index is 465. The molecule has 1 aromatic carbocycles. The van der Waals surface area contributed by atoms with E-state index in [1.54, 1.807) is 0 Å². The minimum Gasteiger partial charge on any atom is -0.372 e. The second-order valence-corrected chi connectivity index (χ2v) is 5.35. The maximum atomic E-state index is 12.2. The Balaban J connectivity index is 1.66. The molecule has 0 aromatic heterocycles. The van der Waals surface area contributed by atoms with Crippen molar-refractivity contribution in [2.75, 3.05) is 13.1 Å². The molecule has 0 aliphatic carbocycles. The summed E-state index contributed by atoms with van der Waals surface area (Å²) in [4.78, 5) is 12.2. The maximum absolute atomic E-state index is 12.2. The van der Waals surface area contributed by atoms with Crippen molar-refractivity contribution in [3.63, 3.8) is 0 Å². The number of amides is 1. The van der Waals surface area contributed by atoms with Crippen molar-refractivity contribution in [3.05, 3.63) is 34.9 Å². The molecule has 19 heavy (non-hydrogen) atoms. The summed E-state index contributed by atoms with van der Waals surface area (Å²) in [5, 5.41) is 6.49. The molecule has 1 unspecified atom stereocenters. The Hall–Kier alpha value is -1.39. The summed E-state index contributed by atoms with van der Waals surface area (Å²) in [6.07, 6.45) is 3.44. The molecule has 3 rings (SSSR count). The summed E-state index contributed by atoms with van der Waals surface area (Å²) in [5.74, 6) is 0.0309. The number of nitrogens with one attached hydrogen (secondary N) is 2. The SMILES string of the molecule is O=C(NC1CCCCNC1)c1ccc2c(c1)COC2. The lowest BCUT2D eigenvalue weighted by Gasteiger charge is -2.16. The van der Waals surface area contributed by atoms with Crippen molar-refractivity contribution >= 4 is 5.91 Å². The molecule has 0 bridgehead atoms. The fourth-order valence-corrected chi connectivity index (χ4v) is 2.72. The highest BCUT2D eigenvalue weighted by Gasteiger charge is 2.18. The lowest BCUT2D eigenvalue weighted by molar-refractivity contribution is 0.0935. The van der Waals surface area contributed by atoms with Crippen LogP contribution in [0.25, 0.3) is 0 Å². The van der Waals surface area contributed by atoms with Crippen LogP contribution in [0.3, 0.4) is 0 Å². The average Bonchev–Trinajstić information content (AvgIpc) is 2.75. The normalized spacial score (nSPS) is 22.6.